The van der Waals surface area contributed by atoms with E-state index in [1.54, 1.807) is 14.0 Å². The number of ether oxygens (including phenoxy) is 2. The molecule has 2 N–H and O–H groups in total. The number of methoxy groups -OCH3 is 1. The minimum Gasteiger partial charge on any atom is -0.385 e. The maximum absolute atomic E-state index is 12.2. The van der Waals surface area contributed by atoms with E-state index in [-0.39, 0.29) is 12.0 Å². The zero-order valence-corrected chi connectivity index (χ0v) is 20.7. The number of hydrogen-bond donors (Lipinski definition) is 2. The van der Waals surface area contributed by atoms with Gasteiger partial charge in [0.05, 0.1) is 11.8 Å². The van der Waals surface area contributed by atoms with Crippen LogP contribution in [0.3, 0.4) is 0 Å². The van der Waals surface area contributed by atoms with Crippen LogP contribution in [0.5, 0.6) is 0 Å². The molecule has 0 saturated carbocycles. The van der Waals surface area contributed by atoms with E-state index in [0.29, 0.717) is 24.8 Å². The molecule has 0 radical (unpaired) electrons. The first kappa shape index (κ1) is 23.8. The Morgan fingerprint density at radius 2 is 2.06 bits per heavy atom. The molecule has 2 saturated heterocycles. The highest BCUT2D eigenvalue weighted by atomic mass is 16.5. The van der Waals surface area contributed by atoms with Gasteiger partial charge in [-0.2, -0.15) is 0 Å². The Labute approximate surface area is 206 Å². The minimum absolute atomic E-state index is 0.0459. The van der Waals surface area contributed by atoms with Crippen LogP contribution in [0.4, 0.5) is 5.82 Å². The summed E-state index contributed by atoms with van der Waals surface area (Å²) in [6.45, 7) is 6.03. The molecule has 0 spiro atoms. The van der Waals surface area contributed by atoms with Gasteiger partial charge in [-0.25, -0.2) is 4.98 Å². The number of nitrogens with zero attached hydrogens (tertiary/aromatic N) is 3. The van der Waals surface area contributed by atoms with E-state index in [1.807, 2.05) is 23.2 Å². The molecule has 0 bridgehead atoms. The smallest absolute Gasteiger partial charge is 0.219 e. The van der Waals surface area contributed by atoms with Crippen LogP contribution in [0.15, 0.2) is 41.7 Å². The van der Waals surface area contributed by atoms with Gasteiger partial charge in [-0.3, -0.25) is 10.2 Å². The van der Waals surface area contributed by atoms with E-state index in [2.05, 4.69) is 22.3 Å². The predicted octanol–water partition coefficient (Wildman–Crippen LogP) is 3.10. The molecular weight excluding hydrogens is 442 g/mol. The van der Waals surface area contributed by atoms with Gasteiger partial charge in [0, 0.05) is 94.3 Å². The molecule has 1 amide bonds. The molecule has 1 atom stereocenters. The number of aromatic nitrogens is 1. The van der Waals surface area contributed by atoms with E-state index in [4.69, 9.17) is 14.5 Å². The van der Waals surface area contributed by atoms with Gasteiger partial charge >= 0.3 is 0 Å². The van der Waals surface area contributed by atoms with Crippen molar-refractivity contribution in [1.29, 1.82) is 5.41 Å². The topological polar surface area (TPSA) is 90.8 Å². The van der Waals surface area contributed by atoms with E-state index in [1.165, 1.54) is 0 Å². The van der Waals surface area contributed by atoms with Crippen molar-refractivity contribution in [2.75, 3.05) is 51.4 Å². The van der Waals surface area contributed by atoms with Crippen molar-refractivity contribution < 1.29 is 14.3 Å². The Morgan fingerprint density at radius 1 is 1.23 bits per heavy atom. The quantitative estimate of drug-likeness (QED) is 0.622. The van der Waals surface area contributed by atoms with Gasteiger partial charge in [-0.1, -0.05) is 18.2 Å². The number of carbonyl (C=O) groups is 1. The molecule has 0 aliphatic carbocycles. The third kappa shape index (κ3) is 5.04. The second-order valence-electron chi connectivity index (χ2n) is 9.72. The van der Waals surface area contributed by atoms with E-state index >= 15 is 0 Å². The number of nitrogens with one attached hydrogen (secondary N) is 2. The Morgan fingerprint density at radius 3 is 2.80 bits per heavy atom. The fourth-order valence-corrected chi connectivity index (χ4v) is 5.35. The number of pyridine rings is 1. The fraction of sp³-hybridized carbons (Fsp3) is 0.519. The van der Waals surface area contributed by atoms with Crippen molar-refractivity contribution in [3.05, 3.63) is 47.3 Å². The van der Waals surface area contributed by atoms with Crippen LogP contribution in [0.1, 0.15) is 38.2 Å². The Balaban J connectivity index is 1.46. The maximum Gasteiger partial charge on any atom is 0.219 e. The zero-order valence-electron chi connectivity index (χ0n) is 20.7. The molecule has 8 nitrogen and oxygen atoms in total. The molecule has 2 fully saturated rings. The third-order valence-corrected chi connectivity index (χ3v) is 7.51. The normalized spacial score (nSPS) is 21.6. The van der Waals surface area contributed by atoms with Crippen LogP contribution in [-0.2, 0) is 14.3 Å². The van der Waals surface area contributed by atoms with E-state index in [0.717, 1.165) is 85.4 Å². The number of benzene rings is 1. The van der Waals surface area contributed by atoms with E-state index in [9.17, 15) is 10.2 Å². The van der Waals surface area contributed by atoms with Crippen molar-refractivity contribution in [2.24, 2.45) is 0 Å². The standard InChI is InChI=1S/C27H35N5O3/c1-18(33)31-11-7-25(30-20-8-12-35-13-9-20)24(17-31)27(28)22-5-3-4-19-14-26(29-15-23(19)22)32-10-6-21(16-32)34-2/h3-5,14-15,20-21,28,30H,6-13,16-17H2,1-2H3/t21-/m0/s1. The second-order valence-corrected chi connectivity index (χ2v) is 9.72. The molecule has 5 rings (SSSR count). The second kappa shape index (κ2) is 10.3. The number of carbonyl (C=O) groups excluding carboxylic acids is 1. The average molecular weight is 478 g/mol. The number of amides is 1. The minimum atomic E-state index is 0.0459. The number of rotatable bonds is 6. The molecule has 0 unspecified atom stereocenters. The third-order valence-electron chi connectivity index (χ3n) is 7.51. The molecular formula is C27H35N5O3. The monoisotopic (exact) mass is 477 g/mol. The first-order chi connectivity index (χ1) is 17.0. The summed E-state index contributed by atoms with van der Waals surface area (Å²) in [7, 11) is 1.76. The van der Waals surface area contributed by atoms with Crippen molar-refractivity contribution in [1.82, 2.24) is 15.2 Å². The molecule has 3 aliphatic heterocycles. The molecule has 1 aromatic heterocycles. The number of fused-ring (bicyclic) bond motifs is 1. The Hall–Kier alpha value is -2.97. The lowest BCUT2D eigenvalue weighted by atomic mass is 9.92. The van der Waals surface area contributed by atoms with Crippen molar-refractivity contribution in [3.63, 3.8) is 0 Å². The molecule has 2 aromatic rings. The first-order valence-electron chi connectivity index (χ1n) is 12.6. The van der Waals surface area contributed by atoms with Crippen LogP contribution < -0.4 is 10.2 Å². The molecule has 8 heteroatoms. The van der Waals surface area contributed by atoms with Crippen molar-refractivity contribution in [2.45, 2.75) is 44.8 Å². The maximum atomic E-state index is 12.2. The molecule has 35 heavy (non-hydrogen) atoms. The first-order valence-corrected chi connectivity index (χ1v) is 12.6. The molecule has 1 aromatic carbocycles. The highest BCUT2D eigenvalue weighted by Gasteiger charge is 2.27. The highest BCUT2D eigenvalue weighted by molar-refractivity contribution is 6.18. The summed E-state index contributed by atoms with van der Waals surface area (Å²) in [6, 6.07) is 8.55. The summed E-state index contributed by atoms with van der Waals surface area (Å²) in [5.41, 5.74) is 3.30. The van der Waals surface area contributed by atoms with Gasteiger partial charge < -0.3 is 24.6 Å². The van der Waals surface area contributed by atoms with Crippen LogP contribution in [0.25, 0.3) is 10.8 Å². The van der Waals surface area contributed by atoms with Gasteiger partial charge in [0.25, 0.3) is 0 Å². The Bertz CT molecular complexity index is 1140. The van der Waals surface area contributed by atoms with Crippen molar-refractivity contribution in [3.8, 4) is 0 Å². The van der Waals surface area contributed by atoms with Crippen LogP contribution >= 0.6 is 0 Å². The number of anilines is 1. The van der Waals surface area contributed by atoms with Gasteiger partial charge in [-0.05, 0) is 30.7 Å². The lowest BCUT2D eigenvalue weighted by Gasteiger charge is -2.34. The van der Waals surface area contributed by atoms with Crippen LogP contribution in [0, 0.1) is 5.41 Å². The summed E-state index contributed by atoms with van der Waals surface area (Å²) in [4.78, 5) is 21.1. The average Bonchev–Trinajstić information content (AvgIpc) is 3.38. The SMILES string of the molecule is CO[C@H]1CCN(c2cc3cccc(C(=N)C4=C(NC5CCOCC5)CCN(C(C)=O)C4)c3cn2)C1. The summed E-state index contributed by atoms with van der Waals surface area (Å²) >= 11 is 0. The summed E-state index contributed by atoms with van der Waals surface area (Å²) in [5.74, 6) is 0.992. The van der Waals surface area contributed by atoms with Gasteiger partial charge in [-0.15, -0.1) is 0 Å². The number of hydrogen-bond acceptors (Lipinski definition) is 7. The fourth-order valence-electron chi connectivity index (χ4n) is 5.35. The predicted molar refractivity (Wildman–Crippen MR) is 137 cm³/mol. The zero-order chi connectivity index (χ0) is 24.4. The molecule has 186 valence electrons. The van der Waals surface area contributed by atoms with Gasteiger partial charge in [0.15, 0.2) is 0 Å². The van der Waals surface area contributed by atoms with Gasteiger partial charge in [0.1, 0.15) is 5.82 Å². The van der Waals surface area contributed by atoms with Crippen molar-refractivity contribution >= 4 is 28.2 Å². The molecule has 4 heterocycles. The van der Waals surface area contributed by atoms with E-state index < -0.39 is 0 Å². The van der Waals surface area contributed by atoms with Gasteiger partial charge in [0.2, 0.25) is 5.91 Å². The largest absolute Gasteiger partial charge is 0.385 e. The summed E-state index contributed by atoms with van der Waals surface area (Å²) in [5, 5.41) is 15.0. The lowest BCUT2D eigenvalue weighted by Crippen LogP contribution is -2.43. The summed E-state index contributed by atoms with van der Waals surface area (Å²) in [6.07, 6.45) is 5.80. The highest BCUT2D eigenvalue weighted by Crippen LogP contribution is 2.29. The summed E-state index contributed by atoms with van der Waals surface area (Å²) < 4.78 is 11.0. The lowest BCUT2D eigenvalue weighted by molar-refractivity contribution is -0.128. The van der Waals surface area contributed by atoms with Crippen LogP contribution in [-0.4, -0.2) is 80.2 Å². The Kier molecular flexibility index (Phi) is 7.02. The van der Waals surface area contributed by atoms with Crippen LogP contribution in [0.2, 0.25) is 0 Å². The molecule has 3 aliphatic rings.